The Balaban J connectivity index is 1.88. The molecule has 146 valence electrons. The van der Waals surface area contributed by atoms with Gasteiger partial charge in [0.25, 0.3) is 5.69 Å². The summed E-state index contributed by atoms with van der Waals surface area (Å²) in [6.07, 6.45) is -0.163. The fourth-order valence-corrected chi connectivity index (χ4v) is 3.82. The SMILES string of the molecule is O=[N+]([O-])c1ccc2c(c1Nc1ccccc1C(F)(F)F)=NC1(CCCCC1)N=2. The predicted molar refractivity (Wildman–Crippen MR) is 96.0 cm³/mol. The minimum absolute atomic E-state index is 0.0506. The second kappa shape index (κ2) is 6.57. The number of fused-ring (bicyclic) bond motifs is 1. The Bertz CT molecular complexity index is 1060. The van der Waals surface area contributed by atoms with Crippen molar-refractivity contribution in [3.8, 4) is 0 Å². The molecule has 9 heteroatoms. The highest BCUT2D eigenvalue weighted by Gasteiger charge is 2.36. The number of nitrogens with one attached hydrogen (secondary N) is 1. The van der Waals surface area contributed by atoms with Crippen molar-refractivity contribution in [3.05, 3.63) is 62.8 Å². The van der Waals surface area contributed by atoms with Crippen LogP contribution in [0, 0.1) is 10.1 Å². The summed E-state index contributed by atoms with van der Waals surface area (Å²) >= 11 is 0. The van der Waals surface area contributed by atoms with Crippen LogP contribution in [0.1, 0.15) is 37.7 Å². The Labute approximate surface area is 158 Å². The largest absolute Gasteiger partial charge is 0.418 e. The number of halogens is 3. The Morgan fingerprint density at radius 2 is 1.75 bits per heavy atom. The van der Waals surface area contributed by atoms with Crippen molar-refractivity contribution in [1.82, 2.24) is 0 Å². The molecular formula is C19H17F3N4O2. The van der Waals surface area contributed by atoms with Gasteiger partial charge in [-0.1, -0.05) is 18.6 Å². The third kappa shape index (κ3) is 3.21. The maximum atomic E-state index is 13.4. The lowest BCUT2D eigenvalue weighted by molar-refractivity contribution is -0.384. The van der Waals surface area contributed by atoms with E-state index < -0.39 is 22.3 Å². The molecule has 4 rings (SSSR count). The molecule has 1 aliphatic carbocycles. The third-order valence-corrected chi connectivity index (χ3v) is 5.13. The van der Waals surface area contributed by atoms with E-state index >= 15 is 0 Å². The first-order chi connectivity index (χ1) is 13.3. The van der Waals surface area contributed by atoms with Gasteiger partial charge >= 0.3 is 6.18 Å². The zero-order valence-corrected chi connectivity index (χ0v) is 14.8. The van der Waals surface area contributed by atoms with Crippen LogP contribution in [-0.4, -0.2) is 10.6 Å². The van der Waals surface area contributed by atoms with Crippen LogP contribution in [0.3, 0.4) is 0 Å². The summed E-state index contributed by atoms with van der Waals surface area (Å²) in [5, 5.41) is 14.9. The van der Waals surface area contributed by atoms with Crippen LogP contribution >= 0.6 is 0 Å². The minimum Gasteiger partial charge on any atom is -0.348 e. The van der Waals surface area contributed by atoms with E-state index in [0.717, 1.165) is 38.2 Å². The molecule has 1 N–H and O–H groups in total. The number of para-hydroxylation sites is 1. The van der Waals surface area contributed by atoms with Crippen molar-refractivity contribution in [2.75, 3.05) is 5.32 Å². The highest BCUT2D eigenvalue weighted by atomic mass is 19.4. The van der Waals surface area contributed by atoms with Crippen molar-refractivity contribution < 1.29 is 18.1 Å². The van der Waals surface area contributed by atoms with E-state index in [2.05, 4.69) is 15.3 Å². The van der Waals surface area contributed by atoms with Gasteiger partial charge in [0.1, 0.15) is 11.0 Å². The van der Waals surface area contributed by atoms with E-state index in [-0.39, 0.29) is 22.4 Å². The molecule has 0 aromatic heterocycles. The topological polar surface area (TPSA) is 79.9 Å². The summed E-state index contributed by atoms with van der Waals surface area (Å²) in [5.74, 6) is 0. The van der Waals surface area contributed by atoms with Gasteiger partial charge in [-0.2, -0.15) is 13.2 Å². The number of hydrogen-bond donors (Lipinski definition) is 1. The van der Waals surface area contributed by atoms with E-state index in [9.17, 15) is 23.3 Å². The molecule has 6 nitrogen and oxygen atoms in total. The first-order valence-electron chi connectivity index (χ1n) is 9.00. The van der Waals surface area contributed by atoms with Crippen LogP contribution in [0.25, 0.3) is 0 Å². The summed E-state index contributed by atoms with van der Waals surface area (Å²) in [5.41, 5.74) is -2.20. The predicted octanol–water partition coefficient (Wildman–Crippen LogP) is 4.27. The van der Waals surface area contributed by atoms with Gasteiger partial charge in [0.05, 0.1) is 21.5 Å². The molecule has 1 fully saturated rings. The highest BCUT2D eigenvalue weighted by molar-refractivity contribution is 5.71. The second-order valence-electron chi connectivity index (χ2n) is 7.02. The molecule has 0 bridgehead atoms. The number of nitrogens with zero attached hydrogens (tertiary/aromatic N) is 3. The lowest BCUT2D eigenvalue weighted by atomic mass is 9.90. The molecule has 0 radical (unpaired) electrons. The first kappa shape index (κ1) is 18.4. The number of nitro benzene ring substituents is 1. The van der Waals surface area contributed by atoms with Crippen molar-refractivity contribution in [1.29, 1.82) is 0 Å². The zero-order chi connectivity index (χ0) is 19.9. The maximum absolute atomic E-state index is 13.4. The van der Waals surface area contributed by atoms with Gasteiger partial charge < -0.3 is 5.32 Å². The van der Waals surface area contributed by atoms with Crippen LogP contribution in [0.15, 0.2) is 46.4 Å². The van der Waals surface area contributed by atoms with E-state index in [1.807, 2.05) is 0 Å². The van der Waals surface area contributed by atoms with Gasteiger partial charge in [0.2, 0.25) is 0 Å². The molecule has 2 aromatic carbocycles. The Kier molecular flexibility index (Phi) is 4.32. The Morgan fingerprint density at radius 1 is 1.04 bits per heavy atom. The van der Waals surface area contributed by atoms with Crippen LogP contribution in [0.4, 0.5) is 30.2 Å². The smallest absolute Gasteiger partial charge is 0.348 e. The van der Waals surface area contributed by atoms with Crippen molar-refractivity contribution in [3.63, 3.8) is 0 Å². The maximum Gasteiger partial charge on any atom is 0.418 e. The molecule has 2 aromatic rings. The molecule has 1 aliphatic heterocycles. The molecule has 0 atom stereocenters. The van der Waals surface area contributed by atoms with Crippen LogP contribution in [0.2, 0.25) is 0 Å². The van der Waals surface area contributed by atoms with Gasteiger partial charge in [0.15, 0.2) is 5.66 Å². The highest BCUT2D eigenvalue weighted by Crippen LogP contribution is 2.38. The van der Waals surface area contributed by atoms with Crippen molar-refractivity contribution >= 4 is 17.1 Å². The molecule has 0 unspecified atom stereocenters. The van der Waals surface area contributed by atoms with Gasteiger partial charge in [0, 0.05) is 6.07 Å². The lowest BCUT2D eigenvalue weighted by Crippen LogP contribution is -2.26. The number of nitro groups is 1. The minimum atomic E-state index is -4.59. The van der Waals surface area contributed by atoms with Gasteiger partial charge in [-0.05, 0) is 43.9 Å². The van der Waals surface area contributed by atoms with Gasteiger partial charge in [-0.15, -0.1) is 0 Å². The van der Waals surface area contributed by atoms with E-state index in [0.29, 0.717) is 5.36 Å². The number of hydrogen-bond acceptors (Lipinski definition) is 5. The molecule has 1 spiro atoms. The number of rotatable bonds is 3. The summed E-state index contributed by atoms with van der Waals surface area (Å²) < 4.78 is 40.1. The standard InChI is InChI=1S/C19H17F3N4O2/c20-19(21,22)12-6-2-3-7-13(12)23-17-15(26(27)28)9-8-14-16(17)25-18(24-14)10-4-1-5-11-18/h2-3,6-9,23H,1,4-5,10-11H2. The van der Waals surface area contributed by atoms with Crippen molar-refractivity contribution in [2.45, 2.75) is 43.9 Å². The third-order valence-electron chi connectivity index (χ3n) is 5.13. The fourth-order valence-electron chi connectivity index (χ4n) is 3.82. The quantitative estimate of drug-likeness (QED) is 0.628. The molecule has 2 aliphatic rings. The van der Waals surface area contributed by atoms with Crippen molar-refractivity contribution in [2.24, 2.45) is 9.98 Å². The molecule has 0 saturated heterocycles. The fraction of sp³-hybridized carbons (Fsp3) is 0.368. The average Bonchev–Trinajstić information content (AvgIpc) is 3.00. The average molecular weight is 390 g/mol. The van der Waals surface area contributed by atoms with Gasteiger partial charge in [-0.3, -0.25) is 20.1 Å². The molecule has 1 heterocycles. The summed E-state index contributed by atoms with van der Waals surface area (Å²) in [6.45, 7) is 0. The molecule has 0 amide bonds. The van der Waals surface area contributed by atoms with E-state index in [4.69, 9.17) is 0 Å². The summed E-state index contributed by atoms with van der Waals surface area (Å²) in [4.78, 5) is 20.2. The number of benzene rings is 2. The molecule has 28 heavy (non-hydrogen) atoms. The molecule has 1 saturated carbocycles. The lowest BCUT2D eigenvalue weighted by Gasteiger charge is -2.27. The van der Waals surface area contributed by atoms with Crippen LogP contribution in [-0.2, 0) is 6.18 Å². The summed E-state index contributed by atoms with van der Waals surface area (Å²) in [6, 6.07) is 7.67. The van der Waals surface area contributed by atoms with E-state index in [1.165, 1.54) is 30.3 Å². The zero-order valence-electron chi connectivity index (χ0n) is 14.8. The Morgan fingerprint density at radius 3 is 2.43 bits per heavy atom. The normalized spacial score (nSPS) is 17.5. The monoisotopic (exact) mass is 390 g/mol. The van der Waals surface area contributed by atoms with Crippen LogP contribution in [0.5, 0.6) is 0 Å². The number of alkyl halides is 3. The van der Waals surface area contributed by atoms with Crippen LogP contribution < -0.4 is 16.0 Å². The van der Waals surface area contributed by atoms with Gasteiger partial charge in [-0.25, -0.2) is 0 Å². The first-order valence-corrected chi connectivity index (χ1v) is 9.00. The molecular weight excluding hydrogens is 373 g/mol. The second-order valence-corrected chi connectivity index (χ2v) is 7.02. The summed E-state index contributed by atoms with van der Waals surface area (Å²) in [7, 11) is 0. The van der Waals surface area contributed by atoms with E-state index in [1.54, 1.807) is 0 Å². The Hall–Kier alpha value is -2.97. The number of anilines is 2.